The highest BCUT2D eigenvalue weighted by Crippen LogP contribution is 2.27. The molecular weight excluding hydrogens is 364 g/mol. The van der Waals surface area contributed by atoms with E-state index in [0.29, 0.717) is 39.0 Å². The molecule has 0 aromatic heterocycles. The van der Waals surface area contributed by atoms with Crippen molar-refractivity contribution in [2.45, 2.75) is 64.2 Å². The molecule has 0 N–H and O–H groups in total. The van der Waals surface area contributed by atoms with Crippen LogP contribution in [0, 0.1) is 5.92 Å². The summed E-state index contributed by atoms with van der Waals surface area (Å²) in [6.07, 6.45) is 10.4. The minimum absolute atomic E-state index is 0.179. The predicted octanol–water partition coefficient (Wildman–Crippen LogP) is 4.27. The number of rotatable bonds is 8. The number of carbonyl (C=O) groups excluding carboxylic acids is 2. The molecule has 5 nitrogen and oxygen atoms in total. The Morgan fingerprint density at radius 2 is 1.48 bits per heavy atom. The zero-order valence-corrected chi connectivity index (χ0v) is 17.7. The van der Waals surface area contributed by atoms with Gasteiger partial charge in [0.05, 0.1) is 6.61 Å². The summed E-state index contributed by atoms with van der Waals surface area (Å²) in [6, 6.07) is 9.70. The Morgan fingerprint density at radius 1 is 0.828 bits per heavy atom. The van der Waals surface area contributed by atoms with E-state index in [1.807, 2.05) is 40.1 Å². The molecule has 3 rings (SSSR count). The Labute approximate surface area is 175 Å². The molecule has 1 saturated carbocycles. The van der Waals surface area contributed by atoms with Gasteiger partial charge in [-0.25, -0.2) is 0 Å². The first kappa shape index (κ1) is 21.7. The zero-order valence-electron chi connectivity index (χ0n) is 17.7. The van der Waals surface area contributed by atoms with Crippen molar-refractivity contribution in [3.63, 3.8) is 0 Å². The van der Waals surface area contributed by atoms with Gasteiger partial charge in [-0.15, -0.1) is 0 Å². The van der Waals surface area contributed by atoms with Gasteiger partial charge in [-0.1, -0.05) is 50.3 Å². The average molecular weight is 401 g/mol. The van der Waals surface area contributed by atoms with Crippen LogP contribution in [0.5, 0.6) is 5.75 Å². The van der Waals surface area contributed by atoms with Crippen LogP contribution < -0.4 is 4.74 Å². The lowest BCUT2D eigenvalue weighted by atomic mass is 9.86. The average Bonchev–Trinajstić information content (AvgIpc) is 3.03. The highest BCUT2D eigenvalue weighted by atomic mass is 16.5. The van der Waals surface area contributed by atoms with Gasteiger partial charge in [0.2, 0.25) is 11.8 Å². The first-order valence-electron chi connectivity index (χ1n) is 11.5. The lowest BCUT2D eigenvalue weighted by Crippen LogP contribution is -2.37. The maximum atomic E-state index is 12.6. The topological polar surface area (TPSA) is 49.9 Å². The third kappa shape index (κ3) is 7.37. The molecule has 0 atom stereocenters. The van der Waals surface area contributed by atoms with Gasteiger partial charge in [-0.3, -0.25) is 9.59 Å². The molecule has 1 aromatic carbocycles. The quantitative estimate of drug-likeness (QED) is 0.613. The molecular formula is C24H36N2O3. The van der Waals surface area contributed by atoms with Crippen LogP contribution in [0.3, 0.4) is 0 Å². The number of amides is 2. The SMILES string of the molecule is O=C(CCCOc1ccccc1)N1CCCN(C(=O)CCC2CCCCC2)CC1. The molecule has 1 heterocycles. The lowest BCUT2D eigenvalue weighted by Gasteiger charge is -2.24. The van der Waals surface area contributed by atoms with E-state index in [2.05, 4.69) is 0 Å². The predicted molar refractivity (Wildman–Crippen MR) is 115 cm³/mol. The number of benzene rings is 1. The normalized spacial score (nSPS) is 18.3. The van der Waals surface area contributed by atoms with Crippen LogP contribution in [0.25, 0.3) is 0 Å². The molecule has 1 aromatic rings. The van der Waals surface area contributed by atoms with Gasteiger partial charge < -0.3 is 14.5 Å². The minimum atomic E-state index is 0.179. The molecule has 5 heteroatoms. The van der Waals surface area contributed by atoms with Crippen LogP contribution in [0.2, 0.25) is 0 Å². The second kappa shape index (κ2) is 11.8. The van der Waals surface area contributed by atoms with Crippen LogP contribution in [0.15, 0.2) is 30.3 Å². The molecule has 1 aliphatic heterocycles. The van der Waals surface area contributed by atoms with Crippen molar-refractivity contribution >= 4 is 11.8 Å². The first-order valence-corrected chi connectivity index (χ1v) is 11.5. The van der Waals surface area contributed by atoms with Crippen LogP contribution in [-0.4, -0.2) is 54.4 Å². The number of nitrogens with zero attached hydrogens (tertiary/aromatic N) is 2. The van der Waals surface area contributed by atoms with Crippen molar-refractivity contribution in [1.29, 1.82) is 0 Å². The van der Waals surface area contributed by atoms with Gasteiger partial charge in [0, 0.05) is 39.0 Å². The smallest absolute Gasteiger partial charge is 0.222 e. The monoisotopic (exact) mass is 400 g/mol. The second-order valence-corrected chi connectivity index (χ2v) is 8.42. The van der Waals surface area contributed by atoms with E-state index in [0.717, 1.165) is 37.6 Å². The Balaban J connectivity index is 1.32. The molecule has 2 fully saturated rings. The number of carbonyl (C=O) groups is 2. The second-order valence-electron chi connectivity index (χ2n) is 8.42. The Hall–Kier alpha value is -2.04. The number of hydrogen-bond donors (Lipinski definition) is 0. The summed E-state index contributed by atoms with van der Waals surface area (Å²) in [5, 5.41) is 0. The van der Waals surface area contributed by atoms with Crippen LogP contribution in [0.4, 0.5) is 0 Å². The van der Waals surface area contributed by atoms with Gasteiger partial charge in [0.15, 0.2) is 0 Å². The summed E-state index contributed by atoms with van der Waals surface area (Å²) < 4.78 is 5.67. The Morgan fingerprint density at radius 3 is 2.17 bits per heavy atom. The summed E-state index contributed by atoms with van der Waals surface area (Å²) in [6.45, 7) is 3.42. The molecule has 1 aliphatic carbocycles. The van der Waals surface area contributed by atoms with Gasteiger partial charge in [0.25, 0.3) is 0 Å². The van der Waals surface area contributed by atoms with Crippen LogP contribution >= 0.6 is 0 Å². The number of para-hydroxylation sites is 1. The summed E-state index contributed by atoms with van der Waals surface area (Å²) >= 11 is 0. The van der Waals surface area contributed by atoms with E-state index in [4.69, 9.17) is 4.74 Å². The van der Waals surface area contributed by atoms with Crippen LogP contribution in [-0.2, 0) is 9.59 Å². The van der Waals surface area contributed by atoms with Gasteiger partial charge >= 0.3 is 0 Å². The highest BCUT2D eigenvalue weighted by Gasteiger charge is 2.23. The molecule has 0 spiro atoms. The fourth-order valence-electron chi connectivity index (χ4n) is 4.47. The Kier molecular flexibility index (Phi) is 8.84. The summed E-state index contributed by atoms with van der Waals surface area (Å²) in [5.41, 5.74) is 0. The largest absolute Gasteiger partial charge is 0.494 e. The van der Waals surface area contributed by atoms with Gasteiger partial charge in [0.1, 0.15) is 5.75 Å². The molecule has 0 unspecified atom stereocenters. The summed E-state index contributed by atoms with van der Waals surface area (Å²) in [5.74, 6) is 2.05. The van der Waals surface area contributed by atoms with E-state index >= 15 is 0 Å². The standard InChI is InChI=1S/C24H36N2O3/c27-23(13-7-20-29-22-11-5-2-6-12-22)25-16-8-17-26(19-18-25)24(28)15-14-21-9-3-1-4-10-21/h2,5-6,11-12,21H,1,3-4,7-10,13-20H2. The van der Waals surface area contributed by atoms with E-state index in [-0.39, 0.29) is 11.8 Å². The fourth-order valence-corrected chi connectivity index (χ4v) is 4.47. The van der Waals surface area contributed by atoms with Gasteiger partial charge in [-0.05, 0) is 37.3 Å². The van der Waals surface area contributed by atoms with E-state index in [1.54, 1.807) is 0 Å². The van der Waals surface area contributed by atoms with Gasteiger partial charge in [-0.2, -0.15) is 0 Å². The molecule has 0 bridgehead atoms. The van der Waals surface area contributed by atoms with Crippen molar-refractivity contribution in [3.05, 3.63) is 30.3 Å². The maximum Gasteiger partial charge on any atom is 0.222 e. The molecule has 2 aliphatic rings. The molecule has 29 heavy (non-hydrogen) atoms. The third-order valence-electron chi connectivity index (χ3n) is 6.24. The van der Waals surface area contributed by atoms with E-state index < -0.39 is 0 Å². The van der Waals surface area contributed by atoms with Crippen molar-refractivity contribution in [3.8, 4) is 5.75 Å². The third-order valence-corrected chi connectivity index (χ3v) is 6.24. The van der Waals surface area contributed by atoms with Crippen molar-refractivity contribution < 1.29 is 14.3 Å². The Bertz CT molecular complexity index is 628. The van der Waals surface area contributed by atoms with Crippen molar-refractivity contribution in [2.24, 2.45) is 5.92 Å². The van der Waals surface area contributed by atoms with Crippen LogP contribution in [0.1, 0.15) is 64.2 Å². The van der Waals surface area contributed by atoms with Crippen molar-refractivity contribution in [2.75, 3.05) is 32.8 Å². The minimum Gasteiger partial charge on any atom is -0.494 e. The molecule has 160 valence electrons. The molecule has 2 amide bonds. The molecule has 1 saturated heterocycles. The summed E-state index contributed by atoms with van der Waals surface area (Å²) in [4.78, 5) is 29.1. The highest BCUT2D eigenvalue weighted by molar-refractivity contribution is 5.77. The first-order chi connectivity index (χ1) is 14.2. The van der Waals surface area contributed by atoms with E-state index in [9.17, 15) is 9.59 Å². The van der Waals surface area contributed by atoms with Crippen molar-refractivity contribution in [1.82, 2.24) is 9.80 Å². The maximum absolute atomic E-state index is 12.6. The summed E-state index contributed by atoms with van der Waals surface area (Å²) in [7, 11) is 0. The zero-order chi connectivity index (χ0) is 20.3. The number of hydrogen-bond acceptors (Lipinski definition) is 3. The lowest BCUT2D eigenvalue weighted by molar-refractivity contribution is -0.133. The number of ether oxygens (including phenoxy) is 1. The fraction of sp³-hybridized carbons (Fsp3) is 0.667. The van der Waals surface area contributed by atoms with E-state index in [1.165, 1.54) is 32.1 Å². The molecule has 0 radical (unpaired) electrons.